The second kappa shape index (κ2) is 53.2. The van der Waals surface area contributed by atoms with E-state index in [0.717, 1.165) is 0 Å². The maximum absolute atomic E-state index is 3.36. The quantitative estimate of drug-likeness (QED) is 0.496. The zero-order chi connectivity index (χ0) is 8.83. The van der Waals surface area contributed by atoms with Gasteiger partial charge in [0.05, 0.1) is 0 Å². The van der Waals surface area contributed by atoms with Gasteiger partial charge in [-0.15, -0.1) is 6.58 Å². The average Bonchev–Trinajstić information content (AvgIpc) is 1.96. The van der Waals surface area contributed by atoms with Crippen LogP contribution in [0.15, 0.2) is 12.7 Å². The molecular weight excluding hydrogens is 132 g/mol. The molecule has 0 fully saturated rings. The third-order valence-corrected chi connectivity index (χ3v) is 0.707. The Morgan fingerprint density at radius 3 is 1.27 bits per heavy atom. The lowest BCUT2D eigenvalue weighted by molar-refractivity contribution is 0.772. The monoisotopic (exact) mass is 160 g/mol. The van der Waals surface area contributed by atoms with E-state index in [9.17, 15) is 0 Å². The normalized spacial score (nSPS) is 5.55. The molecule has 0 heterocycles. The van der Waals surface area contributed by atoms with Gasteiger partial charge in [-0.1, -0.05) is 60.5 Å². The summed E-state index contributed by atoms with van der Waals surface area (Å²) in [5.74, 6) is 0. The lowest BCUT2D eigenvalue weighted by Crippen LogP contribution is -1.59. The van der Waals surface area contributed by atoms with Gasteiger partial charge in [-0.3, -0.25) is 0 Å². The second-order valence-electron chi connectivity index (χ2n) is 1.76. The molecule has 0 heteroatoms. The molecule has 0 rings (SSSR count). The summed E-state index contributed by atoms with van der Waals surface area (Å²) >= 11 is 0. The largest absolute Gasteiger partial charge is 0.103 e. The van der Waals surface area contributed by atoms with Gasteiger partial charge < -0.3 is 0 Å². The van der Waals surface area contributed by atoms with Crippen molar-refractivity contribution >= 4 is 0 Å². The maximum atomic E-state index is 3.36. The lowest BCUT2D eigenvalue weighted by atomic mass is 10.3. The van der Waals surface area contributed by atoms with Gasteiger partial charge in [0.15, 0.2) is 0 Å². The summed E-state index contributed by atoms with van der Waals surface area (Å²) in [6.07, 6.45) is 5.83. The van der Waals surface area contributed by atoms with E-state index in [1.54, 1.807) is 6.08 Å². The third-order valence-electron chi connectivity index (χ3n) is 0.707. The van der Waals surface area contributed by atoms with Gasteiger partial charge in [0, 0.05) is 0 Å². The fourth-order valence-electron chi connectivity index (χ4n) is 0.354. The van der Waals surface area contributed by atoms with Gasteiger partial charge in [-0.2, -0.15) is 0 Å². The van der Waals surface area contributed by atoms with Crippen LogP contribution in [-0.2, 0) is 0 Å². The van der Waals surface area contributed by atoms with Crippen LogP contribution >= 0.6 is 0 Å². The summed E-state index contributed by atoms with van der Waals surface area (Å²) < 4.78 is 0. The minimum absolute atomic E-state index is 0. The Hall–Kier alpha value is -0.260. The van der Waals surface area contributed by atoms with E-state index < -0.39 is 0 Å². The maximum Gasteiger partial charge on any atom is -0.0473 e. The minimum atomic E-state index is 0. The molecule has 0 aromatic carbocycles. The van der Waals surface area contributed by atoms with Gasteiger partial charge >= 0.3 is 0 Å². The summed E-state index contributed by atoms with van der Waals surface area (Å²) in [6.45, 7) is 13.7. The van der Waals surface area contributed by atoms with E-state index >= 15 is 0 Å². The number of allylic oxidation sites excluding steroid dienone is 1. The molecular formula is C11H28. The zero-order valence-electron chi connectivity index (χ0n) is 8.41. The molecule has 0 aromatic rings. The van der Waals surface area contributed by atoms with E-state index in [1.165, 1.54) is 19.3 Å². The van der Waals surface area contributed by atoms with Gasteiger partial charge in [-0.05, 0) is 6.92 Å². The van der Waals surface area contributed by atoms with Crippen LogP contribution in [0.2, 0.25) is 0 Å². The summed E-state index contributed by atoms with van der Waals surface area (Å²) in [4.78, 5) is 0. The second-order valence-corrected chi connectivity index (χ2v) is 1.76. The van der Waals surface area contributed by atoms with Crippen molar-refractivity contribution in [1.82, 2.24) is 0 Å². The molecule has 0 radical (unpaired) electrons. The molecule has 0 unspecified atom stereocenters. The first kappa shape index (κ1) is 22.4. The number of hydrogen-bond acceptors (Lipinski definition) is 0. The average molecular weight is 160 g/mol. The van der Waals surface area contributed by atoms with Crippen molar-refractivity contribution in [2.24, 2.45) is 0 Å². The highest BCUT2D eigenvalue weighted by atomic mass is 13.7. The highest BCUT2D eigenvalue weighted by Gasteiger charge is 1.68. The number of hydrogen-bond donors (Lipinski definition) is 0. The van der Waals surface area contributed by atoms with Crippen molar-refractivity contribution < 1.29 is 0 Å². The smallest absolute Gasteiger partial charge is 0.0473 e. The lowest BCUT2D eigenvalue weighted by Gasteiger charge is -1.79. The molecule has 0 aliphatic heterocycles. The summed E-state index contributed by atoms with van der Waals surface area (Å²) in [5, 5.41) is 0. The molecule has 0 aromatic heterocycles. The molecule has 0 bridgehead atoms. The van der Waals surface area contributed by atoms with Crippen LogP contribution in [0.25, 0.3) is 0 Å². The van der Waals surface area contributed by atoms with E-state index in [-0.39, 0.29) is 7.43 Å². The first-order valence-corrected chi connectivity index (χ1v) is 4.40. The number of unbranched alkanes of at least 4 members (excludes halogenated alkanes) is 2. The fraction of sp³-hybridized carbons (Fsp3) is 0.818. The summed E-state index contributed by atoms with van der Waals surface area (Å²) in [6, 6.07) is 0. The van der Waals surface area contributed by atoms with E-state index in [2.05, 4.69) is 20.4 Å². The number of rotatable bonds is 2. The third kappa shape index (κ3) is 193. The molecule has 0 saturated carbocycles. The Labute approximate surface area is 74.7 Å². The van der Waals surface area contributed by atoms with E-state index in [4.69, 9.17) is 0 Å². The van der Waals surface area contributed by atoms with Gasteiger partial charge in [0.2, 0.25) is 0 Å². The predicted molar refractivity (Wildman–Crippen MR) is 59.1 cm³/mol. The van der Waals surface area contributed by atoms with Crippen molar-refractivity contribution in [2.75, 3.05) is 0 Å². The van der Waals surface area contributed by atoms with Crippen molar-refractivity contribution in [3.05, 3.63) is 12.7 Å². The summed E-state index contributed by atoms with van der Waals surface area (Å²) in [5.41, 5.74) is 0. The van der Waals surface area contributed by atoms with Crippen LogP contribution in [0.1, 0.15) is 61.3 Å². The van der Waals surface area contributed by atoms with Crippen molar-refractivity contribution in [3.63, 3.8) is 0 Å². The molecule has 0 saturated heterocycles. The minimum Gasteiger partial charge on any atom is -0.103 e. The van der Waals surface area contributed by atoms with Crippen LogP contribution in [0.5, 0.6) is 0 Å². The van der Waals surface area contributed by atoms with E-state index in [1.807, 2.05) is 20.8 Å². The van der Waals surface area contributed by atoms with Gasteiger partial charge in [-0.25, -0.2) is 0 Å². The standard InChI is InChI=1S/C5H12.C3H6.C2H6.CH4/c1-3-5-4-2;1-3-2;1-2;/h3-5H2,1-2H3;3H,1H2,2H3;1-2H3;1H4. The molecule has 0 nitrogen and oxygen atoms in total. The van der Waals surface area contributed by atoms with Crippen LogP contribution in [0.3, 0.4) is 0 Å². The summed E-state index contributed by atoms with van der Waals surface area (Å²) in [7, 11) is 0. The molecule has 0 aliphatic carbocycles. The predicted octanol–water partition coefficient (Wildman–Crippen LogP) is 5.05. The Kier molecular flexibility index (Phi) is 108. The Bertz CT molecular complexity index is 27.0. The zero-order valence-corrected chi connectivity index (χ0v) is 8.41. The first-order chi connectivity index (χ1) is 4.83. The van der Waals surface area contributed by atoms with Gasteiger partial charge in [0.1, 0.15) is 0 Å². The molecule has 0 spiro atoms. The van der Waals surface area contributed by atoms with Crippen molar-refractivity contribution in [2.45, 2.75) is 61.3 Å². The van der Waals surface area contributed by atoms with Crippen LogP contribution < -0.4 is 0 Å². The first-order valence-electron chi connectivity index (χ1n) is 4.40. The highest BCUT2D eigenvalue weighted by molar-refractivity contribution is 4.51. The van der Waals surface area contributed by atoms with Gasteiger partial charge in [0.25, 0.3) is 0 Å². The fourth-order valence-corrected chi connectivity index (χ4v) is 0.354. The molecule has 0 amide bonds. The van der Waals surface area contributed by atoms with Crippen molar-refractivity contribution in [1.29, 1.82) is 0 Å². The van der Waals surface area contributed by atoms with Crippen LogP contribution in [0.4, 0.5) is 0 Å². The Morgan fingerprint density at radius 2 is 1.27 bits per heavy atom. The molecule has 11 heavy (non-hydrogen) atoms. The van der Waals surface area contributed by atoms with E-state index in [0.29, 0.717) is 0 Å². The van der Waals surface area contributed by atoms with Crippen LogP contribution in [-0.4, -0.2) is 0 Å². The molecule has 0 N–H and O–H groups in total. The Morgan fingerprint density at radius 1 is 1.09 bits per heavy atom. The molecule has 72 valence electrons. The molecule has 0 aliphatic rings. The molecule has 0 atom stereocenters. The highest BCUT2D eigenvalue weighted by Crippen LogP contribution is 1.88. The SMILES string of the molecule is C.C=CC.CC.CCCCC. The van der Waals surface area contributed by atoms with Crippen molar-refractivity contribution in [3.8, 4) is 0 Å². The topological polar surface area (TPSA) is 0 Å². The Balaban J connectivity index is -0.0000000360. The van der Waals surface area contributed by atoms with Crippen LogP contribution in [0, 0.1) is 0 Å².